The zero-order chi connectivity index (χ0) is 41.5. The minimum atomic E-state index is 0.699. The quantitative estimate of drug-likeness (QED) is 0.0639. The molecule has 0 spiro atoms. The van der Waals surface area contributed by atoms with E-state index in [0.29, 0.717) is 13.2 Å². The van der Waals surface area contributed by atoms with Crippen LogP contribution in [0, 0.1) is 6.92 Å². The average molecular weight is 789 g/mol. The summed E-state index contributed by atoms with van der Waals surface area (Å²) in [5.74, 6) is 1.81. The van der Waals surface area contributed by atoms with Crippen LogP contribution in [0.1, 0.15) is 68.7 Å². The Kier molecular flexibility index (Phi) is 14.3. The first kappa shape index (κ1) is 41.4. The summed E-state index contributed by atoms with van der Waals surface area (Å²) in [6.45, 7) is 9.92. The number of hydrogen-bond donors (Lipinski definition) is 0. The van der Waals surface area contributed by atoms with Crippen molar-refractivity contribution in [3.63, 3.8) is 0 Å². The minimum absolute atomic E-state index is 0.699. The Morgan fingerprint density at radius 1 is 0.433 bits per heavy atom. The maximum atomic E-state index is 6.25. The number of rotatable bonds is 18. The van der Waals surface area contributed by atoms with E-state index in [1.165, 1.54) is 5.56 Å². The van der Waals surface area contributed by atoms with Crippen molar-refractivity contribution in [3.8, 4) is 22.6 Å². The first-order valence-corrected chi connectivity index (χ1v) is 21.4. The van der Waals surface area contributed by atoms with Crippen molar-refractivity contribution in [2.24, 2.45) is 0 Å². The lowest BCUT2D eigenvalue weighted by molar-refractivity contribution is 0.299. The Morgan fingerprint density at radius 2 is 0.833 bits per heavy atom. The van der Waals surface area contributed by atoms with Crippen LogP contribution in [0.5, 0.6) is 11.5 Å². The highest BCUT2D eigenvalue weighted by Gasteiger charge is 2.15. The summed E-state index contributed by atoms with van der Waals surface area (Å²) in [6, 6.07) is 60.5. The number of para-hydroxylation sites is 2. The number of aryl methyl sites for hydroxylation is 1. The van der Waals surface area contributed by atoms with Gasteiger partial charge in [0.25, 0.3) is 0 Å². The number of benzene rings is 7. The monoisotopic (exact) mass is 788 g/mol. The van der Waals surface area contributed by atoms with Gasteiger partial charge in [-0.1, -0.05) is 136 Å². The number of hydrogen-bond acceptors (Lipinski definition) is 4. The van der Waals surface area contributed by atoms with Crippen LogP contribution >= 0.6 is 0 Å². The number of allylic oxidation sites excluding steroid dienone is 1. The van der Waals surface area contributed by atoms with E-state index in [2.05, 4.69) is 225 Å². The number of nitrogens with zero attached hydrogens (tertiary/aromatic N) is 2. The fraction of sp³-hybridized carbons (Fsp3) is 0.179. The molecule has 0 atom stereocenters. The van der Waals surface area contributed by atoms with Gasteiger partial charge in [0.15, 0.2) is 0 Å². The number of unbranched alkanes of at least 4 members (excludes halogenated alkanes) is 2. The Morgan fingerprint density at radius 3 is 1.27 bits per heavy atom. The molecule has 0 aliphatic carbocycles. The highest BCUT2D eigenvalue weighted by Crippen LogP contribution is 2.38. The van der Waals surface area contributed by atoms with E-state index < -0.39 is 0 Å². The third kappa shape index (κ3) is 10.4. The molecule has 7 aromatic carbocycles. The van der Waals surface area contributed by atoms with Crippen LogP contribution in [0.15, 0.2) is 176 Å². The van der Waals surface area contributed by atoms with Crippen LogP contribution in [0.25, 0.3) is 29.4 Å². The summed E-state index contributed by atoms with van der Waals surface area (Å²) in [6.07, 6.45) is 12.7. The summed E-state index contributed by atoms with van der Waals surface area (Å²) in [4.78, 5) is 4.60. The summed E-state index contributed by atoms with van der Waals surface area (Å²) in [5.41, 5.74) is 13.4. The molecule has 4 heteroatoms. The molecule has 0 unspecified atom stereocenters. The third-order valence-corrected chi connectivity index (χ3v) is 10.5. The lowest BCUT2D eigenvalue weighted by Gasteiger charge is -2.26. The van der Waals surface area contributed by atoms with Crippen molar-refractivity contribution < 1.29 is 9.47 Å². The number of ether oxygens (including phenoxy) is 2. The summed E-state index contributed by atoms with van der Waals surface area (Å²) in [5, 5.41) is 0. The summed E-state index contributed by atoms with van der Waals surface area (Å²) < 4.78 is 12.4. The van der Waals surface area contributed by atoms with Crippen molar-refractivity contribution in [3.05, 3.63) is 198 Å². The smallest absolute Gasteiger partial charge is 0.127 e. The molecule has 0 saturated heterocycles. The molecule has 0 aliphatic rings. The van der Waals surface area contributed by atoms with Gasteiger partial charge in [-0.15, -0.1) is 0 Å². The fourth-order valence-electron chi connectivity index (χ4n) is 7.24. The molecular weight excluding hydrogens is 733 g/mol. The second-order valence-electron chi connectivity index (χ2n) is 15.0. The molecule has 60 heavy (non-hydrogen) atoms. The SMILES string of the molecule is CC=Cc1ccc(N(c2ccccc2)c2ccc(-c3ccc(N(c4ccccc4)c4ccc(C=Cc5cc(OCCCC)c(C)cc5OCCCC)cc4)cc3)cc2)cc1. The standard InChI is InChI=1S/C56H56N2O2/c1-5-8-39-59-55-42-48(56(41-43(55)4)60-40-9-6-2)26-21-45-24-33-52(34-25-45)58(50-19-14-11-15-20-50)54-37-29-47(30-38-54)46-27-35-53(36-28-46)57(49-17-12-10-13-18-49)51-31-22-44(16-7-3)23-32-51/h7,10-38,41-42H,5-6,8-9,39-40H2,1-4H3. The van der Waals surface area contributed by atoms with E-state index in [1.54, 1.807) is 0 Å². The van der Waals surface area contributed by atoms with Gasteiger partial charge in [0.2, 0.25) is 0 Å². The molecule has 0 radical (unpaired) electrons. The molecule has 0 N–H and O–H groups in total. The Balaban J connectivity index is 1.12. The predicted octanol–water partition coefficient (Wildman–Crippen LogP) is 16.2. The van der Waals surface area contributed by atoms with Gasteiger partial charge in [-0.25, -0.2) is 0 Å². The molecule has 4 nitrogen and oxygen atoms in total. The van der Waals surface area contributed by atoms with Crippen LogP contribution < -0.4 is 19.3 Å². The third-order valence-electron chi connectivity index (χ3n) is 10.5. The van der Waals surface area contributed by atoms with E-state index in [9.17, 15) is 0 Å². The van der Waals surface area contributed by atoms with Gasteiger partial charge in [0, 0.05) is 39.7 Å². The van der Waals surface area contributed by atoms with Crippen LogP contribution in [0.3, 0.4) is 0 Å². The van der Waals surface area contributed by atoms with E-state index in [4.69, 9.17) is 9.47 Å². The van der Waals surface area contributed by atoms with Crippen molar-refractivity contribution in [1.82, 2.24) is 0 Å². The molecular formula is C56H56N2O2. The van der Waals surface area contributed by atoms with Crippen molar-refractivity contribution in [2.75, 3.05) is 23.0 Å². The fourth-order valence-corrected chi connectivity index (χ4v) is 7.24. The molecule has 0 bridgehead atoms. The van der Waals surface area contributed by atoms with Crippen LogP contribution in [0.4, 0.5) is 34.1 Å². The van der Waals surface area contributed by atoms with Crippen LogP contribution in [-0.2, 0) is 0 Å². The molecule has 7 aromatic rings. The second-order valence-corrected chi connectivity index (χ2v) is 15.0. The van der Waals surface area contributed by atoms with Crippen LogP contribution in [0.2, 0.25) is 0 Å². The largest absolute Gasteiger partial charge is 0.493 e. The van der Waals surface area contributed by atoms with Gasteiger partial charge in [-0.2, -0.15) is 0 Å². The van der Waals surface area contributed by atoms with Gasteiger partial charge >= 0.3 is 0 Å². The highest BCUT2D eigenvalue weighted by atomic mass is 16.5. The minimum Gasteiger partial charge on any atom is -0.493 e. The first-order valence-electron chi connectivity index (χ1n) is 21.4. The van der Waals surface area contributed by atoms with Crippen molar-refractivity contribution >= 4 is 52.4 Å². The lowest BCUT2D eigenvalue weighted by Crippen LogP contribution is -2.10. The highest BCUT2D eigenvalue weighted by molar-refractivity contribution is 5.82. The summed E-state index contributed by atoms with van der Waals surface area (Å²) in [7, 11) is 0. The predicted molar refractivity (Wildman–Crippen MR) is 257 cm³/mol. The average Bonchev–Trinajstić information content (AvgIpc) is 3.29. The van der Waals surface area contributed by atoms with Crippen LogP contribution in [-0.4, -0.2) is 13.2 Å². The van der Waals surface area contributed by atoms with Gasteiger partial charge in [-0.3, -0.25) is 0 Å². The molecule has 0 amide bonds. The molecule has 0 saturated carbocycles. The van der Waals surface area contributed by atoms with E-state index in [1.807, 2.05) is 6.92 Å². The molecule has 302 valence electrons. The molecule has 0 fully saturated rings. The first-order chi connectivity index (χ1) is 29.5. The molecule has 0 heterocycles. The zero-order valence-electron chi connectivity index (χ0n) is 35.4. The summed E-state index contributed by atoms with van der Waals surface area (Å²) >= 11 is 0. The van der Waals surface area contributed by atoms with Crippen molar-refractivity contribution in [2.45, 2.75) is 53.4 Å². The Hall–Kier alpha value is -6.78. The molecule has 7 rings (SSSR count). The second kappa shape index (κ2) is 20.8. The van der Waals surface area contributed by atoms with E-state index in [-0.39, 0.29) is 0 Å². The topological polar surface area (TPSA) is 24.9 Å². The normalized spacial score (nSPS) is 11.3. The maximum absolute atomic E-state index is 6.25. The molecule has 0 aromatic heterocycles. The van der Waals surface area contributed by atoms with E-state index >= 15 is 0 Å². The lowest BCUT2D eigenvalue weighted by atomic mass is 10.0. The Bertz CT molecular complexity index is 2440. The van der Waals surface area contributed by atoms with Gasteiger partial charge in [0.1, 0.15) is 11.5 Å². The van der Waals surface area contributed by atoms with Crippen molar-refractivity contribution in [1.29, 1.82) is 0 Å². The Labute approximate surface area is 357 Å². The molecule has 0 aliphatic heterocycles. The van der Waals surface area contributed by atoms with Gasteiger partial charge < -0.3 is 19.3 Å². The maximum Gasteiger partial charge on any atom is 0.127 e. The number of anilines is 6. The van der Waals surface area contributed by atoms with Gasteiger partial charge in [0.05, 0.1) is 13.2 Å². The van der Waals surface area contributed by atoms with Gasteiger partial charge in [-0.05, 0) is 139 Å². The van der Waals surface area contributed by atoms with E-state index in [0.717, 1.165) is 99.1 Å². The zero-order valence-corrected chi connectivity index (χ0v) is 35.4.